The maximum Gasteiger partial charge on any atom is 0.242 e. The van der Waals surface area contributed by atoms with Gasteiger partial charge in [-0.05, 0) is 31.7 Å². The molecule has 1 saturated heterocycles. The minimum atomic E-state index is -0.559. The molecule has 27 heavy (non-hydrogen) atoms. The molecule has 2 aromatic rings. The van der Waals surface area contributed by atoms with E-state index in [2.05, 4.69) is 15.6 Å². The minimum absolute atomic E-state index is 0.0736. The van der Waals surface area contributed by atoms with Gasteiger partial charge in [-0.25, -0.2) is 0 Å². The van der Waals surface area contributed by atoms with Crippen molar-refractivity contribution in [2.24, 2.45) is 0 Å². The van der Waals surface area contributed by atoms with Gasteiger partial charge in [0.05, 0.1) is 18.7 Å². The van der Waals surface area contributed by atoms with Crippen LogP contribution in [-0.2, 0) is 21.6 Å². The number of nitrogens with zero attached hydrogens (tertiary/aromatic N) is 4. The van der Waals surface area contributed by atoms with E-state index in [9.17, 15) is 4.79 Å². The molecule has 4 rings (SSSR count). The Labute approximate surface area is 158 Å². The van der Waals surface area contributed by atoms with E-state index < -0.39 is 5.54 Å². The van der Waals surface area contributed by atoms with Crippen molar-refractivity contribution in [1.82, 2.24) is 25.2 Å². The Morgan fingerprint density at radius 2 is 2.15 bits per heavy atom. The Morgan fingerprint density at radius 1 is 1.33 bits per heavy atom. The molecule has 0 aromatic carbocycles. The standard InChI is InChI=1S/C19H27N5O3/c1-14-10-20-24(11-14)12-16(25)22-19(7-4-2-3-5-8-19)18-21-17(27-23-18)15-6-9-26-13-15/h10-11,15H,2-9,12-13H2,1H3,(H,22,25). The van der Waals surface area contributed by atoms with E-state index in [1.165, 1.54) is 0 Å². The SMILES string of the molecule is Cc1cnn(CC(=O)NC2(c3noc(C4CCOC4)n3)CCCCCC2)c1. The number of amides is 1. The predicted octanol–water partition coefficient (Wildman–Crippen LogP) is 2.44. The molecule has 8 heteroatoms. The molecular formula is C19H27N5O3. The average molecular weight is 373 g/mol. The fourth-order valence-corrected chi connectivity index (χ4v) is 4.07. The molecule has 2 fully saturated rings. The highest BCUT2D eigenvalue weighted by Gasteiger charge is 2.39. The van der Waals surface area contributed by atoms with Gasteiger partial charge in [0.25, 0.3) is 0 Å². The van der Waals surface area contributed by atoms with Crippen LogP contribution in [0.1, 0.15) is 68.1 Å². The lowest BCUT2D eigenvalue weighted by atomic mass is 9.89. The number of nitrogens with one attached hydrogen (secondary N) is 1. The maximum atomic E-state index is 12.8. The molecule has 2 aromatic heterocycles. The summed E-state index contributed by atoms with van der Waals surface area (Å²) in [6.45, 7) is 3.51. The van der Waals surface area contributed by atoms with E-state index in [4.69, 9.17) is 14.2 Å². The van der Waals surface area contributed by atoms with Gasteiger partial charge in [-0.15, -0.1) is 0 Å². The third-order valence-corrected chi connectivity index (χ3v) is 5.55. The van der Waals surface area contributed by atoms with Crippen molar-refractivity contribution in [1.29, 1.82) is 0 Å². The highest BCUT2D eigenvalue weighted by Crippen LogP contribution is 2.36. The summed E-state index contributed by atoms with van der Waals surface area (Å²) in [6.07, 6.45) is 10.6. The highest BCUT2D eigenvalue weighted by atomic mass is 16.5. The zero-order valence-corrected chi connectivity index (χ0v) is 15.8. The van der Waals surface area contributed by atoms with E-state index in [1.807, 2.05) is 13.1 Å². The number of aromatic nitrogens is 4. The van der Waals surface area contributed by atoms with Gasteiger partial charge >= 0.3 is 0 Å². The predicted molar refractivity (Wildman–Crippen MR) is 97.0 cm³/mol. The van der Waals surface area contributed by atoms with Crippen LogP contribution in [0.25, 0.3) is 0 Å². The second-order valence-corrected chi connectivity index (χ2v) is 7.78. The Balaban J connectivity index is 1.54. The summed E-state index contributed by atoms with van der Waals surface area (Å²) in [7, 11) is 0. The van der Waals surface area contributed by atoms with Gasteiger partial charge in [0.1, 0.15) is 12.1 Å². The lowest BCUT2D eigenvalue weighted by molar-refractivity contribution is -0.124. The molecule has 1 aliphatic heterocycles. The largest absolute Gasteiger partial charge is 0.381 e. The fourth-order valence-electron chi connectivity index (χ4n) is 4.07. The van der Waals surface area contributed by atoms with Crippen LogP contribution in [0.2, 0.25) is 0 Å². The molecule has 1 aliphatic carbocycles. The van der Waals surface area contributed by atoms with Crippen LogP contribution in [0.15, 0.2) is 16.9 Å². The Morgan fingerprint density at radius 3 is 2.81 bits per heavy atom. The van der Waals surface area contributed by atoms with E-state index in [-0.39, 0.29) is 18.4 Å². The third-order valence-electron chi connectivity index (χ3n) is 5.55. The van der Waals surface area contributed by atoms with Gasteiger partial charge in [0.15, 0.2) is 5.82 Å². The van der Waals surface area contributed by atoms with Crippen LogP contribution in [0, 0.1) is 6.92 Å². The summed E-state index contributed by atoms with van der Waals surface area (Å²) < 4.78 is 12.7. The minimum Gasteiger partial charge on any atom is -0.381 e. The molecular weight excluding hydrogens is 346 g/mol. The lowest BCUT2D eigenvalue weighted by Crippen LogP contribution is -2.47. The molecule has 0 spiro atoms. The fraction of sp³-hybridized carbons (Fsp3) is 0.684. The van der Waals surface area contributed by atoms with E-state index in [0.717, 1.165) is 57.1 Å². The van der Waals surface area contributed by atoms with Crippen LogP contribution in [0.4, 0.5) is 0 Å². The molecule has 146 valence electrons. The summed E-state index contributed by atoms with van der Waals surface area (Å²) in [4.78, 5) is 17.5. The van der Waals surface area contributed by atoms with Crippen molar-refractivity contribution in [3.63, 3.8) is 0 Å². The van der Waals surface area contributed by atoms with Crippen LogP contribution in [-0.4, -0.2) is 39.0 Å². The third kappa shape index (κ3) is 4.05. The van der Waals surface area contributed by atoms with Gasteiger partial charge in [-0.1, -0.05) is 30.8 Å². The first kappa shape index (κ1) is 18.2. The normalized spacial score (nSPS) is 22.5. The van der Waals surface area contributed by atoms with E-state index in [1.54, 1.807) is 10.9 Å². The van der Waals surface area contributed by atoms with Gasteiger partial charge < -0.3 is 14.6 Å². The first-order chi connectivity index (χ1) is 13.1. The number of hydrogen-bond donors (Lipinski definition) is 1. The molecule has 1 N–H and O–H groups in total. The van der Waals surface area contributed by atoms with Crippen molar-refractivity contribution >= 4 is 5.91 Å². The number of aryl methyl sites for hydroxylation is 1. The Bertz CT molecular complexity index is 770. The summed E-state index contributed by atoms with van der Waals surface area (Å²) in [5.41, 5.74) is 0.477. The Hall–Kier alpha value is -2.22. The summed E-state index contributed by atoms with van der Waals surface area (Å²) in [5.74, 6) is 1.33. The van der Waals surface area contributed by atoms with Gasteiger partial charge in [-0.3, -0.25) is 9.48 Å². The number of rotatable bonds is 5. The second-order valence-electron chi connectivity index (χ2n) is 7.78. The van der Waals surface area contributed by atoms with Crippen molar-refractivity contribution < 1.29 is 14.1 Å². The second kappa shape index (κ2) is 7.80. The molecule has 1 amide bonds. The smallest absolute Gasteiger partial charge is 0.242 e. The van der Waals surface area contributed by atoms with Crippen LogP contribution in [0.5, 0.6) is 0 Å². The molecule has 0 radical (unpaired) electrons. The zero-order chi connectivity index (χ0) is 18.7. The van der Waals surface area contributed by atoms with E-state index >= 15 is 0 Å². The van der Waals surface area contributed by atoms with Crippen LogP contribution in [0.3, 0.4) is 0 Å². The average Bonchev–Trinajstić information content (AvgIpc) is 3.37. The quantitative estimate of drug-likeness (QED) is 0.809. The molecule has 1 saturated carbocycles. The van der Waals surface area contributed by atoms with Crippen LogP contribution < -0.4 is 5.32 Å². The number of carbonyl (C=O) groups excluding carboxylic acids is 1. The molecule has 1 atom stereocenters. The van der Waals surface area contributed by atoms with Crippen molar-refractivity contribution in [2.75, 3.05) is 13.2 Å². The summed E-state index contributed by atoms with van der Waals surface area (Å²) >= 11 is 0. The first-order valence-corrected chi connectivity index (χ1v) is 9.86. The highest BCUT2D eigenvalue weighted by molar-refractivity contribution is 5.76. The van der Waals surface area contributed by atoms with E-state index in [0.29, 0.717) is 18.3 Å². The number of hydrogen-bond acceptors (Lipinski definition) is 6. The van der Waals surface area contributed by atoms with Crippen LogP contribution >= 0.6 is 0 Å². The Kier molecular flexibility index (Phi) is 5.24. The number of ether oxygens (including phenoxy) is 1. The molecule has 1 unspecified atom stereocenters. The zero-order valence-electron chi connectivity index (χ0n) is 15.8. The van der Waals surface area contributed by atoms with Gasteiger partial charge in [0, 0.05) is 12.8 Å². The molecule has 3 heterocycles. The van der Waals surface area contributed by atoms with Gasteiger partial charge in [0.2, 0.25) is 11.8 Å². The first-order valence-electron chi connectivity index (χ1n) is 9.86. The van der Waals surface area contributed by atoms with Crippen molar-refractivity contribution in [3.8, 4) is 0 Å². The van der Waals surface area contributed by atoms with Gasteiger partial charge in [-0.2, -0.15) is 10.1 Å². The topological polar surface area (TPSA) is 95.1 Å². The number of carbonyl (C=O) groups is 1. The maximum absolute atomic E-state index is 12.8. The monoisotopic (exact) mass is 373 g/mol. The summed E-state index contributed by atoms with van der Waals surface area (Å²) in [6, 6.07) is 0. The summed E-state index contributed by atoms with van der Waals surface area (Å²) in [5, 5.41) is 11.7. The van der Waals surface area contributed by atoms with Crippen molar-refractivity contribution in [2.45, 2.75) is 69.9 Å². The molecule has 2 aliphatic rings. The van der Waals surface area contributed by atoms with Crippen molar-refractivity contribution in [3.05, 3.63) is 29.7 Å². The lowest BCUT2D eigenvalue weighted by Gasteiger charge is -2.30. The molecule has 8 nitrogen and oxygen atoms in total. The molecule has 0 bridgehead atoms.